The van der Waals surface area contributed by atoms with Gasteiger partial charge in [-0.3, -0.25) is 23.7 Å². The third-order valence-electron chi connectivity index (χ3n) is 3.98. The first-order valence-corrected chi connectivity index (χ1v) is 8.60. The third kappa shape index (κ3) is 3.79. The van der Waals surface area contributed by atoms with Crippen molar-refractivity contribution in [2.45, 2.75) is 47.3 Å². The lowest BCUT2D eigenvalue weighted by Crippen LogP contribution is -2.29. The molecule has 0 aliphatic heterocycles. The number of aromatic amines is 1. The zero-order chi connectivity index (χ0) is 18.9. The molecule has 2 aromatic rings. The van der Waals surface area contributed by atoms with Crippen LogP contribution in [0.4, 0.5) is 0 Å². The van der Waals surface area contributed by atoms with Gasteiger partial charge in [-0.2, -0.15) is 0 Å². The van der Waals surface area contributed by atoms with Gasteiger partial charge in [0, 0.05) is 22.3 Å². The van der Waals surface area contributed by atoms with Crippen molar-refractivity contribution in [2.24, 2.45) is 0 Å². The average Bonchev–Trinajstić information content (AvgIpc) is 2.99. The molecule has 0 bridgehead atoms. The molecule has 7 nitrogen and oxygen atoms in total. The zero-order valence-corrected chi connectivity index (χ0v) is 15.6. The van der Waals surface area contributed by atoms with E-state index in [1.54, 1.807) is 26.2 Å². The Bertz CT molecular complexity index is 903. The highest BCUT2D eigenvalue weighted by Crippen LogP contribution is 2.20. The number of nitrogens with one attached hydrogen (secondary N) is 1. The highest BCUT2D eigenvalue weighted by Gasteiger charge is 2.26. The van der Waals surface area contributed by atoms with Gasteiger partial charge in [0.15, 0.2) is 11.9 Å². The Kier molecular flexibility index (Phi) is 5.42. The van der Waals surface area contributed by atoms with E-state index in [4.69, 9.17) is 4.74 Å². The molecule has 25 heavy (non-hydrogen) atoms. The maximum atomic E-state index is 12.5. The molecule has 0 unspecified atom stereocenters. The Balaban J connectivity index is 2.13. The summed E-state index contributed by atoms with van der Waals surface area (Å²) in [5.74, 6) is -1.23. The van der Waals surface area contributed by atoms with Gasteiger partial charge in [0.05, 0.1) is 5.69 Å². The van der Waals surface area contributed by atoms with E-state index in [1.165, 1.54) is 18.4 Å². The van der Waals surface area contributed by atoms with Crippen LogP contribution in [0.25, 0.3) is 0 Å². The first kappa shape index (κ1) is 18.9. The highest BCUT2D eigenvalue weighted by atomic mass is 32.1. The first-order valence-electron chi connectivity index (χ1n) is 7.72. The Morgan fingerprint density at radius 1 is 1.28 bits per heavy atom. The summed E-state index contributed by atoms with van der Waals surface area (Å²) in [4.78, 5) is 50.5. The van der Waals surface area contributed by atoms with Crippen LogP contribution in [0.15, 0.2) is 10.2 Å². The van der Waals surface area contributed by atoms with Crippen molar-refractivity contribution < 1.29 is 19.1 Å². The van der Waals surface area contributed by atoms with Gasteiger partial charge in [0.25, 0.3) is 0 Å². The minimum absolute atomic E-state index is 0.137. The fourth-order valence-corrected chi connectivity index (χ4v) is 3.48. The number of ketones is 2. The van der Waals surface area contributed by atoms with Crippen LogP contribution in [-0.4, -0.2) is 33.2 Å². The minimum Gasteiger partial charge on any atom is -0.453 e. The van der Waals surface area contributed by atoms with E-state index in [1.807, 2.05) is 0 Å². The molecule has 8 heteroatoms. The highest BCUT2D eigenvalue weighted by molar-refractivity contribution is 7.07. The van der Waals surface area contributed by atoms with Gasteiger partial charge in [-0.05, 0) is 40.2 Å². The number of hydrogen-bond donors (Lipinski definition) is 1. The summed E-state index contributed by atoms with van der Waals surface area (Å²) in [6.45, 7) is 7.76. The van der Waals surface area contributed by atoms with Crippen LogP contribution in [0.5, 0.6) is 0 Å². The lowest BCUT2D eigenvalue weighted by atomic mass is 10.0. The normalized spacial score (nSPS) is 12.0. The SMILES string of the molecule is CC(=O)c1c(C)[nH]c(C(=O)[C@@H](C)OC(=O)Cn2c(C)csc2=O)c1C. The van der Waals surface area contributed by atoms with Crippen LogP contribution >= 0.6 is 11.3 Å². The number of ether oxygens (including phenoxy) is 1. The Morgan fingerprint density at radius 3 is 2.40 bits per heavy atom. The van der Waals surface area contributed by atoms with Crippen LogP contribution in [0, 0.1) is 20.8 Å². The van der Waals surface area contributed by atoms with Crippen LogP contribution in [0.2, 0.25) is 0 Å². The second-order valence-corrected chi connectivity index (χ2v) is 6.73. The number of esters is 1. The van der Waals surface area contributed by atoms with E-state index in [2.05, 4.69) is 4.98 Å². The molecule has 0 saturated carbocycles. The summed E-state index contributed by atoms with van der Waals surface area (Å²) in [6, 6.07) is 0. The van der Waals surface area contributed by atoms with Crippen LogP contribution in [0.3, 0.4) is 0 Å². The zero-order valence-electron chi connectivity index (χ0n) is 14.8. The maximum Gasteiger partial charge on any atom is 0.326 e. The van der Waals surface area contributed by atoms with Crippen molar-refractivity contribution in [1.29, 1.82) is 0 Å². The maximum absolute atomic E-state index is 12.5. The van der Waals surface area contributed by atoms with E-state index in [-0.39, 0.29) is 22.9 Å². The van der Waals surface area contributed by atoms with Crippen LogP contribution in [0.1, 0.15) is 51.6 Å². The Hall–Kier alpha value is -2.48. The topological polar surface area (TPSA) is 98.2 Å². The smallest absolute Gasteiger partial charge is 0.326 e. The molecule has 0 fully saturated rings. The summed E-state index contributed by atoms with van der Waals surface area (Å²) in [5.41, 5.74) is 2.54. The molecule has 0 radical (unpaired) electrons. The van der Waals surface area contributed by atoms with Gasteiger partial charge in [-0.25, -0.2) is 0 Å². The molecule has 0 spiro atoms. The molecule has 0 aromatic carbocycles. The molecule has 0 saturated heterocycles. The van der Waals surface area contributed by atoms with Gasteiger partial charge in [0.2, 0.25) is 5.78 Å². The van der Waals surface area contributed by atoms with Crippen LogP contribution < -0.4 is 4.87 Å². The summed E-state index contributed by atoms with van der Waals surface area (Å²) in [5, 5.41) is 1.65. The van der Waals surface area contributed by atoms with Crippen molar-refractivity contribution in [3.63, 3.8) is 0 Å². The fourth-order valence-electron chi connectivity index (χ4n) is 2.74. The van der Waals surface area contributed by atoms with E-state index in [9.17, 15) is 19.2 Å². The molecule has 2 aromatic heterocycles. The molecule has 0 amide bonds. The van der Waals surface area contributed by atoms with Gasteiger partial charge >= 0.3 is 10.8 Å². The van der Waals surface area contributed by atoms with Crippen molar-refractivity contribution in [2.75, 3.05) is 0 Å². The molecule has 1 atom stereocenters. The van der Waals surface area contributed by atoms with E-state index in [0.717, 1.165) is 11.3 Å². The molecule has 0 aliphatic rings. The second kappa shape index (κ2) is 7.18. The van der Waals surface area contributed by atoms with Crippen molar-refractivity contribution >= 4 is 28.9 Å². The number of hydrogen-bond acceptors (Lipinski definition) is 6. The molecule has 134 valence electrons. The first-order chi connectivity index (χ1) is 11.6. The third-order valence-corrected chi connectivity index (χ3v) is 4.86. The standard InChI is InChI=1S/C17H20N2O5S/c1-8-7-25-17(23)19(8)6-13(21)24-12(5)16(22)15-9(2)14(11(4)20)10(3)18-15/h7,12,18H,6H2,1-5H3/t12-/m1/s1. The number of H-pyrrole nitrogens is 1. The predicted molar refractivity (Wildman–Crippen MR) is 93.5 cm³/mol. The number of carbonyl (C=O) groups excluding carboxylic acids is 3. The number of aryl methyl sites for hydroxylation is 2. The average molecular weight is 364 g/mol. The summed E-state index contributed by atoms with van der Waals surface area (Å²) in [6.07, 6.45) is -1.03. The molecular weight excluding hydrogens is 344 g/mol. The number of nitrogens with zero attached hydrogens (tertiary/aromatic N) is 1. The van der Waals surface area contributed by atoms with E-state index < -0.39 is 17.9 Å². The van der Waals surface area contributed by atoms with Crippen molar-refractivity contribution in [3.8, 4) is 0 Å². The van der Waals surface area contributed by atoms with Crippen molar-refractivity contribution in [3.05, 3.63) is 43.3 Å². The summed E-state index contributed by atoms with van der Waals surface area (Å²) in [7, 11) is 0. The number of aromatic nitrogens is 2. The monoisotopic (exact) mass is 364 g/mol. The van der Waals surface area contributed by atoms with Gasteiger partial charge in [-0.15, -0.1) is 0 Å². The van der Waals surface area contributed by atoms with E-state index >= 15 is 0 Å². The summed E-state index contributed by atoms with van der Waals surface area (Å²) < 4.78 is 6.46. The quantitative estimate of drug-likeness (QED) is 0.626. The largest absolute Gasteiger partial charge is 0.453 e. The number of Topliss-reactive ketones (excluding diaryl/α,β-unsaturated/α-hetero) is 2. The lowest BCUT2D eigenvalue weighted by Gasteiger charge is -2.13. The van der Waals surface area contributed by atoms with Crippen molar-refractivity contribution in [1.82, 2.24) is 9.55 Å². The minimum atomic E-state index is -1.03. The van der Waals surface area contributed by atoms with Gasteiger partial charge in [-0.1, -0.05) is 11.3 Å². The molecule has 2 heterocycles. The molecular formula is C17H20N2O5S. The van der Waals surface area contributed by atoms with Crippen LogP contribution in [-0.2, 0) is 16.1 Å². The second-order valence-electron chi connectivity index (χ2n) is 5.91. The van der Waals surface area contributed by atoms with Gasteiger partial charge < -0.3 is 9.72 Å². The fraction of sp³-hybridized carbons (Fsp3) is 0.412. The summed E-state index contributed by atoms with van der Waals surface area (Å²) >= 11 is 1.000. The predicted octanol–water partition coefficient (Wildman–Crippen LogP) is 2.18. The Labute approximate surface area is 148 Å². The lowest BCUT2D eigenvalue weighted by molar-refractivity contribution is -0.147. The molecule has 2 rings (SSSR count). The molecule has 1 N–H and O–H groups in total. The number of carbonyl (C=O) groups is 3. The number of thiazole rings is 1. The van der Waals surface area contributed by atoms with Gasteiger partial charge in [0.1, 0.15) is 6.54 Å². The Morgan fingerprint density at radius 2 is 1.92 bits per heavy atom. The molecule has 0 aliphatic carbocycles. The van der Waals surface area contributed by atoms with E-state index in [0.29, 0.717) is 22.5 Å². The number of rotatable bonds is 6.